The van der Waals surface area contributed by atoms with Gasteiger partial charge in [-0.3, -0.25) is 4.79 Å². The van der Waals surface area contributed by atoms with Gasteiger partial charge in [-0.2, -0.15) is 13.2 Å². The third-order valence-electron chi connectivity index (χ3n) is 5.83. The zero-order chi connectivity index (χ0) is 21.7. The number of aromatic nitrogens is 2. The maximum Gasteiger partial charge on any atom is 0.433 e. The zero-order valence-electron chi connectivity index (χ0n) is 17.1. The second-order valence-corrected chi connectivity index (χ2v) is 11.3. The van der Waals surface area contributed by atoms with Gasteiger partial charge in [-0.05, 0) is 47.6 Å². The van der Waals surface area contributed by atoms with Crippen molar-refractivity contribution < 1.29 is 18.0 Å². The molecule has 1 saturated carbocycles. The smallest absolute Gasteiger partial charge is 0.338 e. The predicted octanol–water partition coefficient (Wildman–Crippen LogP) is 5.74. The molecule has 2 aliphatic rings. The summed E-state index contributed by atoms with van der Waals surface area (Å²) in [6.45, 7) is 7.42. The van der Waals surface area contributed by atoms with Gasteiger partial charge in [0.05, 0.1) is 16.3 Å². The number of thiophene rings is 1. The molecule has 4 rings (SSSR count). The van der Waals surface area contributed by atoms with Crippen LogP contribution in [0.1, 0.15) is 45.7 Å². The average Bonchev–Trinajstić information content (AvgIpc) is 3.24. The third kappa shape index (κ3) is 4.51. The van der Waals surface area contributed by atoms with E-state index in [2.05, 4.69) is 30.7 Å². The van der Waals surface area contributed by atoms with Crippen LogP contribution in [0.15, 0.2) is 28.7 Å². The Morgan fingerprint density at radius 1 is 1.30 bits per heavy atom. The standard InChI is InChI=1S/C21H24F3N3OS2/c1-19(2)8-13-9-20(3,11-19)12-27(13)17(28)10-30-18-25-14(15-5-4-6-29-15)7-16(26-18)21(22,23)24/h4-7,13H,8-12H2,1-3H3/t13-,20-/m0/s1. The van der Waals surface area contributed by atoms with Crippen molar-refractivity contribution in [3.63, 3.8) is 0 Å². The van der Waals surface area contributed by atoms with Crippen LogP contribution >= 0.6 is 23.1 Å². The van der Waals surface area contributed by atoms with Crippen molar-refractivity contribution in [1.29, 1.82) is 0 Å². The lowest BCUT2D eigenvalue weighted by molar-refractivity contribution is -0.141. The Kier molecular flexibility index (Phi) is 5.41. The van der Waals surface area contributed by atoms with Crippen molar-refractivity contribution in [3.8, 4) is 10.6 Å². The molecule has 30 heavy (non-hydrogen) atoms. The highest BCUT2D eigenvalue weighted by Gasteiger charge is 2.50. The summed E-state index contributed by atoms with van der Waals surface area (Å²) in [5.74, 6) is -0.0109. The molecule has 0 N–H and O–H groups in total. The lowest BCUT2D eigenvalue weighted by Gasteiger charge is -2.39. The number of thioether (sulfide) groups is 1. The van der Waals surface area contributed by atoms with Gasteiger partial charge in [0.25, 0.3) is 0 Å². The van der Waals surface area contributed by atoms with Gasteiger partial charge in [0.1, 0.15) is 5.69 Å². The van der Waals surface area contributed by atoms with Gasteiger partial charge in [-0.1, -0.05) is 38.6 Å². The van der Waals surface area contributed by atoms with Crippen LogP contribution in [0, 0.1) is 10.8 Å². The molecule has 162 valence electrons. The lowest BCUT2D eigenvalue weighted by Crippen LogP contribution is -2.38. The normalized spacial score (nSPS) is 25.5. The highest BCUT2D eigenvalue weighted by atomic mass is 32.2. The van der Waals surface area contributed by atoms with Gasteiger partial charge >= 0.3 is 6.18 Å². The van der Waals surface area contributed by atoms with Gasteiger partial charge in [0, 0.05) is 12.6 Å². The molecule has 2 fully saturated rings. The number of carbonyl (C=O) groups is 1. The van der Waals surface area contributed by atoms with E-state index in [0.29, 0.717) is 11.4 Å². The highest BCUT2D eigenvalue weighted by Crippen LogP contribution is 2.52. The first-order valence-corrected chi connectivity index (χ1v) is 11.7. The molecule has 9 heteroatoms. The van der Waals surface area contributed by atoms with E-state index >= 15 is 0 Å². The third-order valence-corrected chi connectivity index (χ3v) is 7.55. The fourth-order valence-electron chi connectivity index (χ4n) is 5.15. The summed E-state index contributed by atoms with van der Waals surface area (Å²) < 4.78 is 40.0. The lowest BCUT2D eigenvalue weighted by atomic mass is 9.65. The summed E-state index contributed by atoms with van der Waals surface area (Å²) in [6.07, 6.45) is -1.54. The fourth-order valence-corrected chi connectivity index (χ4v) is 6.58. The molecule has 2 aromatic rings. The van der Waals surface area contributed by atoms with Gasteiger partial charge in [0.2, 0.25) is 5.91 Å². The molecule has 2 atom stereocenters. The van der Waals surface area contributed by atoms with Crippen LogP contribution in [-0.4, -0.2) is 39.1 Å². The Bertz CT molecular complexity index is 945. The maximum absolute atomic E-state index is 13.3. The molecule has 0 radical (unpaired) electrons. The number of halogens is 3. The topological polar surface area (TPSA) is 46.1 Å². The van der Waals surface area contributed by atoms with Crippen LogP contribution < -0.4 is 0 Å². The molecule has 1 aliphatic carbocycles. The van der Waals surface area contributed by atoms with Gasteiger partial charge < -0.3 is 4.90 Å². The minimum absolute atomic E-state index is 0.0183. The summed E-state index contributed by atoms with van der Waals surface area (Å²) in [7, 11) is 0. The number of nitrogens with zero attached hydrogens (tertiary/aromatic N) is 3. The molecule has 2 aromatic heterocycles. The molecule has 1 amide bonds. The van der Waals surface area contributed by atoms with Gasteiger partial charge in [0.15, 0.2) is 5.16 Å². The number of carbonyl (C=O) groups excluding carboxylic acids is 1. The second-order valence-electron chi connectivity index (χ2n) is 9.42. The number of alkyl halides is 3. The van der Waals surface area contributed by atoms with E-state index in [0.717, 1.165) is 37.1 Å². The summed E-state index contributed by atoms with van der Waals surface area (Å²) in [5, 5.41) is 1.77. The van der Waals surface area contributed by atoms with E-state index in [1.807, 2.05) is 4.90 Å². The van der Waals surface area contributed by atoms with Crippen molar-refractivity contribution in [2.45, 2.75) is 57.4 Å². The molecule has 0 spiro atoms. The fraction of sp³-hybridized carbons (Fsp3) is 0.571. The van der Waals surface area contributed by atoms with Crippen LogP contribution in [0.2, 0.25) is 0 Å². The first-order valence-electron chi connectivity index (χ1n) is 9.87. The summed E-state index contributed by atoms with van der Waals surface area (Å²) >= 11 is 2.30. The van der Waals surface area contributed by atoms with Crippen molar-refractivity contribution in [3.05, 3.63) is 29.3 Å². The minimum atomic E-state index is -4.57. The monoisotopic (exact) mass is 455 g/mol. The highest BCUT2D eigenvalue weighted by molar-refractivity contribution is 7.99. The number of hydrogen-bond donors (Lipinski definition) is 0. The number of rotatable bonds is 4. The van der Waals surface area contributed by atoms with E-state index in [1.165, 1.54) is 11.3 Å². The molecule has 2 bridgehead atoms. The number of likely N-dealkylation sites (tertiary alicyclic amines) is 1. The Morgan fingerprint density at radius 2 is 2.07 bits per heavy atom. The zero-order valence-corrected chi connectivity index (χ0v) is 18.8. The first kappa shape index (κ1) is 21.6. The molecule has 4 nitrogen and oxygen atoms in total. The Balaban J connectivity index is 1.51. The molecule has 0 aromatic carbocycles. The van der Waals surface area contributed by atoms with Crippen molar-refractivity contribution in [1.82, 2.24) is 14.9 Å². The van der Waals surface area contributed by atoms with E-state index in [-0.39, 0.29) is 39.4 Å². The van der Waals surface area contributed by atoms with Crippen LogP contribution in [0.25, 0.3) is 10.6 Å². The summed E-state index contributed by atoms with van der Waals surface area (Å²) in [4.78, 5) is 23.5. The quantitative estimate of drug-likeness (QED) is 0.435. The molecule has 3 heterocycles. The van der Waals surface area contributed by atoms with Crippen LogP contribution in [0.3, 0.4) is 0 Å². The van der Waals surface area contributed by atoms with E-state index in [4.69, 9.17) is 0 Å². The van der Waals surface area contributed by atoms with Gasteiger partial charge in [-0.25, -0.2) is 9.97 Å². The molecule has 1 saturated heterocycles. The van der Waals surface area contributed by atoms with Crippen LogP contribution in [-0.2, 0) is 11.0 Å². The predicted molar refractivity (Wildman–Crippen MR) is 112 cm³/mol. The molecule has 1 aliphatic heterocycles. The van der Waals surface area contributed by atoms with Crippen molar-refractivity contribution in [2.24, 2.45) is 10.8 Å². The largest absolute Gasteiger partial charge is 0.433 e. The van der Waals surface area contributed by atoms with E-state index in [1.54, 1.807) is 17.5 Å². The SMILES string of the molecule is CC1(C)C[C@H]2C[C@](C)(CN2C(=O)CSc2nc(-c3cccs3)cc(C(F)(F)F)n2)C1. The van der Waals surface area contributed by atoms with Crippen molar-refractivity contribution in [2.75, 3.05) is 12.3 Å². The van der Waals surface area contributed by atoms with E-state index in [9.17, 15) is 18.0 Å². The van der Waals surface area contributed by atoms with Crippen molar-refractivity contribution >= 4 is 29.0 Å². The number of hydrogen-bond acceptors (Lipinski definition) is 5. The Morgan fingerprint density at radius 3 is 2.73 bits per heavy atom. The van der Waals surface area contributed by atoms with E-state index < -0.39 is 11.9 Å². The Labute approximate surface area is 182 Å². The number of fused-ring (bicyclic) bond motifs is 2. The molecular formula is C21H24F3N3OS2. The minimum Gasteiger partial charge on any atom is -0.338 e. The molecule has 0 unspecified atom stereocenters. The average molecular weight is 456 g/mol. The second kappa shape index (κ2) is 7.51. The van der Waals surface area contributed by atoms with Gasteiger partial charge in [-0.15, -0.1) is 11.3 Å². The molecular weight excluding hydrogens is 431 g/mol. The first-order chi connectivity index (χ1) is 13.9. The summed E-state index contributed by atoms with van der Waals surface area (Å²) in [6, 6.07) is 4.65. The Hall–Kier alpha value is -1.61. The number of amides is 1. The summed E-state index contributed by atoms with van der Waals surface area (Å²) in [5.41, 5.74) is -0.443. The van der Waals surface area contributed by atoms with Crippen LogP contribution in [0.5, 0.6) is 0 Å². The maximum atomic E-state index is 13.3. The van der Waals surface area contributed by atoms with Crippen LogP contribution in [0.4, 0.5) is 13.2 Å².